The highest BCUT2D eigenvalue weighted by molar-refractivity contribution is 5.83. The SMILES string of the molecule is CNc1ccc(/C=C/c2cc3cc(OCCOCCF)ccc3o2)cc1. The fraction of sp³-hybridized carbons (Fsp3) is 0.238. The van der Waals surface area contributed by atoms with Crippen molar-refractivity contribution in [2.24, 2.45) is 0 Å². The number of hydrogen-bond donors (Lipinski definition) is 1. The van der Waals surface area contributed by atoms with E-state index >= 15 is 0 Å². The molecule has 4 nitrogen and oxygen atoms in total. The van der Waals surface area contributed by atoms with Gasteiger partial charge >= 0.3 is 0 Å². The Kier molecular flexibility index (Phi) is 6.28. The molecule has 1 heterocycles. The molecule has 2 aromatic carbocycles. The first-order chi connectivity index (χ1) is 12.8. The van der Waals surface area contributed by atoms with Crippen molar-refractivity contribution in [3.8, 4) is 5.75 Å². The van der Waals surface area contributed by atoms with Gasteiger partial charge in [0.1, 0.15) is 30.4 Å². The average molecular weight is 355 g/mol. The number of alkyl halides is 1. The van der Waals surface area contributed by atoms with Crippen LogP contribution >= 0.6 is 0 Å². The van der Waals surface area contributed by atoms with Crippen molar-refractivity contribution >= 4 is 28.8 Å². The number of halogens is 1. The number of benzene rings is 2. The van der Waals surface area contributed by atoms with Gasteiger partial charge in [-0.3, -0.25) is 0 Å². The summed E-state index contributed by atoms with van der Waals surface area (Å²) in [6, 6.07) is 15.8. The van der Waals surface area contributed by atoms with E-state index in [9.17, 15) is 4.39 Å². The Bertz CT molecular complexity index is 855. The Morgan fingerprint density at radius 2 is 1.85 bits per heavy atom. The number of fused-ring (bicyclic) bond motifs is 1. The molecule has 3 rings (SSSR count). The van der Waals surface area contributed by atoms with Crippen LogP contribution in [0.1, 0.15) is 11.3 Å². The van der Waals surface area contributed by atoms with E-state index in [1.165, 1.54) is 0 Å². The normalized spacial score (nSPS) is 11.3. The zero-order valence-electron chi connectivity index (χ0n) is 14.7. The van der Waals surface area contributed by atoms with Crippen LogP contribution in [0.2, 0.25) is 0 Å². The summed E-state index contributed by atoms with van der Waals surface area (Å²) in [7, 11) is 1.90. The number of ether oxygens (including phenoxy) is 2. The maximum atomic E-state index is 11.9. The van der Waals surface area contributed by atoms with Gasteiger partial charge in [0.25, 0.3) is 0 Å². The molecule has 0 saturated carbocycles. The molecule has 26 heavy (non-hydrogen) atoms. The second-order valence-corrected chi connectivity index (χ2v) is 5.70. The minimum atomic E-state index is -0.475. The van der Waals surface area contributed by atoms with Crippen molar-refractivity contribution in [2.45, 2.75) is 0 Å². The predicted octanol–water partition coefficient (Wildman–Crippen LogP) is 5.01. The third-order valence-electron chi connectivity index (χ3n) is 3.86. The average Bonchev–Trinajstić information content (AvgIpc) is 3.09. The molecule has 136 valence electrons. The van der Waals surface area contributed by atoms with Gasteiger partial charge in [0.05, 0.1) is 13.2 Å². The molecule has 0 fully saturated rings. The molecule has 0 atom stereocenters. The monoisotopic (exact) mass is 355 g/mol. The summed E-state index contributed by atoms with van der Waals surface area (Å²) in [6.45, 7) is 0.390. The molecule has 0 radical (unpaired) electrons. The van der Waals surface area contributed by atoms with E-state index in [1.807, 2.05) is 67.7 Å². The molecule has 0 aliphatic carbocycles. The van der Waals surface area contributed by atoms with Crippen molar-refractivity contribution in [3.05, 3.63) is 59.9 Å². The molecule has 0 saturated heterocycles. The fourth-order valence-corrected chi connectivity index (χ4v) is 2.53. The third kappa shape index (κ3) is 4.86. The van der Waals surface area contributed by atoms with Crippen LogP contribution in [-0.4, -0.2) is 33.5 Å². The van der Waals surface area contributed by atoms with Crippen LogP contribution in [0.4, 0.5) is 10.1 Å². The van der Waals surface area contributed by atoms with E-state index < -0.39 is 6.67 Å². The fourth-order valence-electron chi connectivity index (χ4n) is 2.53. The summed E-state index contributed by atoms with van der Waals surface area (Å²) >= 11 is 0. The van der Waals surface area contributed by atoms with Crippen LogP contribution in [0.3, 0.4) is 0 Å². The van der Waals surface area contributed by atoms with Gasteiger partial charge in [0, 0.05) is 18.1 Å². The number of rotatable bonds is 9. The molecular weight excluding hydrogens is 333 g/mol. The molecule has 1 N–H and O–H groups in total. The van der Waals surface area contributed by atoms with Crippen LogP contribution < -0.4 is 10.1 Å². The molecule has 0 amide bonds. The van der Waals surface area contributed by atoms with Crippen LogP contribution in [0.5, 0.6) is 5.75 Å². The van der Waals surface area contributed by atoms with Gasteiger partial charge in [-0.15, -0.1) is 0 Å². The third-order valence-corrected chi connectivity index (χ3v) is 3.86. The number of furan rings is 1. The standard InChI is InChI=1S/C21H22FNO3/c1-23-18-5-2-16(3-6-18)4-7-20-15-17-14-19(8-9-21(17)26-20)25-13-12-24-11-10-22/h2-9,14-15,23H,10-13H2,1H3/b7-4+. The molecule has 0 unspecified atom stereocenters. The molecule has 0 aliphatic rings. The van der Waals surface area contributed by atoms with Crippen molar-refractivity contribution in [3.63, 3.8) is 0 Å². The zero-order chi connectivity index (χ0) is 18.2. The minimum Gasteiger partial charge on any atom is -0.491 e. The lowest BCUT2D eigenvalue weighted by atomic mass is 10.2. The largest absolute Gasteiger partial charge is 0.491 e. The summed E-state index contributed by atoms with van der Waals surface area (Å²) in [5.41, 5.74) is 2.98. The van der Waals surface area contributed by atoms with E-state index in [2.05, 4.69) is 5.32 Å². The highest BCUT2D eigenvalue weighted by Crippen LogP contribution is 2.25. The Labute approximate surface area is 152 Å². The molecular formula is C21H22FNO3. The van der Waals surface area contributed by atoms with Gasteiger partial charge in [-0.1, -0.05) is 18.2 Å². The van der Waals surface area contributed by atoms with Crippen LogP contribution in [0.25, 0.3) is 23.1 Å². The van der Waals surface area contributed by atoms with Crippen LogP contribution in [0, 0.1) is 0 Å². The topological polar surface area (TPSA) is 43.6 Å². The molecule has 5 heteroatoms. The first kappa shape index (κ1) is 18.0. The lowest BCUT2D eigenvalue weighted by molar-refractivity contribution is 0.0897. The lowest BCUT2D eigenvalue weighted by Crippen LogP contribution is -2.08. The quantitative estimate of drug-likeness (QED) is 0.548. The first-order valence-corrected chi connectivity index (χ1v) is 8.54. The Morgan fingerprint density at radius 1 is 1.00 bits per heavy atom. The Balaban J connectivity index is 1.63. The number of nitrogens with one attached hydrogen (secondary N) is 1. The Hall–Kier alpha value is -2.79. The second kappa shape index (κ2) is 9.06. The van der Waals surface area contributed by atoms with E-state index in [4.69, 9.17) is 13.9 Å². The summed E-state index contributed by atoms with van der Waals surface area (Å²) in [5.74, 6) is 1.52. The van der Waals surface area contributed by atoms with E-state index in [1.54, 1.807) is 0 Å². The van der Waals surface area contributed by atoms with Crippen molar-refractivity contribution in [2.75, 3.05) is 38.9 Å². The van der Waals surface area contributed by atoms with Gasteiger partial charge in [-0.25, -0.2) is 4.39 Å². The number of anilines is 1. The molecule has 1 aromatic heterocycles. The van der Waals surface area contributed by atoms with Crippen LogP contribution in [-0.2, 0) is 4.74 Å². The zero-order valence-corrected chi connectivity index (χ0v) is 14.7. The van der Waals surface area contributed by atoms with Gasteiger partial charge in [-0.2, -0.15) is 0 Å². The van der Waals surface area contributed by atoms with Crippen molar-refractivity contribution in [1.82, 2.24) is 0 Å². The highest BCUT2D eigenvalue weighted by atomic mass is 19.1. The predicted molar refractivity (Wildman–Crippen MR) is 103 cm³/mol. The second-order valence-electron chi connectivity index (χ2n) is 5.70. The van der Waals surface area contributed by atoms with E-state index in [0.29, 0.717) is 13.2 Å². The van der Waals surface area contributed by atoms with Crippen LogP contribution in [0.15, 0.2) is 52.9 Å². The van der Waals surface area contributed by atoms with Crippen molar-refractivity contribution in [1.29, 1.82) is 0 Å². The maximum absolute atomic E-state index is 11.9. The molecule has 3 aromatic rings. The Morgan fingerprint density at radius 3 is 2.62 bits per heavy atom. The van der Waals surface area contributed by atoms with Gasteiger partial charge < -0.3 is 19.2 Å². The molecule has 0 aliphatic heterocycles. The smallest absolute Gasteiger partial charge is 0.135 e. The minimum absolute atomic E-state index is 0.109. The summed E-state index contributed by atoms with van der Waals surface area (Å²) in [5, 5.41) is 4.07. The molecule has 0 bridgehead atoms. The number of hydrogen-bond acceptors (Lipinski definition) is 4. The van der Waals surface area contributed by atoms with Gasteiger partial charge in [0.15, 0.2) is 0 Å². The van der Waals surface area contributed by atoms with E-state index in [0.717, 1.165) is 33.7 Å². The summed E-state index contributed by atoms with van der Waals surface area (Å²) < 4.78 is 28.4. The van der Waals surface area contributed by atoms with Gasteiger partial charge in [-0.05, 0) is 48.0 Å². The molecule has 0 spiro atoms. The van der Waals surface area contributed by atoms with E-state index in [-0.39, 0.29) is 6.61 Å². The lowest BCUT2D eigenvalue weighted by Gasteiger charge is -2.05. The first-order valence-electron chi connectivity index (χ1n) is 8.54. The van der Waals surface area contributed by atoms with Gasteiger partial charge in [0.2, 0.25) is 0 Å². The highest BCUT2D eigenvalue weighted by Gasteiger charge is 2.04. The summed E-state index contributed by atoms with van der Waals surface area (Å²) in [4.78, 5) is 0. The summed E-state index contributed by atoms with van der Waals surface area (Å²) in [6.07, 6.45) is 3.95. The van der Waals surface area contributed by atoms with Crippen molar-refractivity contribution < 1.29 is 18.3 Å². The maximum Gasteiger partial charge on any atom is 0.135 e.